The van der Waals surface area contributed by atoms with Crippen molar-refractivity contribution in [2.45, 2.75) is 65.1 Å². The van der Waals surface area contributed by atoms with E-state index >= 15 is 0 Å². The monoisotopic (exact) mass is 760 g/mol. The summed E-state index contributed by atoms with van der Waals surface area (Å²) in [7, 11) is -1.34. The van der Waals surface area contributed by atoms with Crippen molar-refractivity contribution < 1.29 is 24.5 Å². The van der Waals surface area contributed by atoms with E-state index in [-0.39, 0.29) is 20.1 Å². The second-order valence-corrected chi connectivity index (χ2v) is 17.4. The molecule has 0 N–H and O–H groups in total. The summed E-state index contributed by atoms with van der Waals surface area (Å²) >= 11 is 0. The fraction of sp³-hybridized carbons (Fsp3) is 0.270. The van der Waals surface area contributed by atoms with Crippen molar-refractivity contribution in [3.8, 4) is 22.5 Å². The first-order valence-electron chi connectivity index (χ1n) is 14.9. The summed E-state index contributed by atoms with van der Waals surface area (Å²) in [4.78, 5) is 13.7. The van der Waals surface area contributed by atoms with Crippen molar-refractivity contribution in [1.82, 2.24) is 15.0 Å². The molecule has 2 aromatic carbocycles. The fourth-order valence-electron chi connectivity index (χ4n) is 5.91. The van der Waals surface area contributed by atoms with Gasteiger partial charge in [0.25, 0.3) is 0 Å². The molecule has 0 saturated carbocycles. The van der Waals surface area contributed by atoms with E-state index in [0.29, 0.717) is 11.6 Å². The summed E-state index contributed by atoms with van der Waals surface area (Å²) in [6.45, 7) is 11.7. The van der Waals surface area contributed by atoms with E-state index in [4.69, 9.17) is 4.42 Å². The van der Waals surface area contributed by atoms with Crippen LogP contribution in [0.5, 0.6) is 0 Å². The molecule has 0 atom stereocenters. The molecular formula is C37H37IrN3OSi-2. The van der Waals surface area contributed by atoms with Gasteiger partial charge < -0.3 is 14.4 Å². The number of fused-ring (bicyclic) bond motifs is 4. The molecule has 0 bridgehead atoms. The quantitative estimate of drug-likeness (QED) is 0.133. The molecule has 6 heteroatoms. The Balaban J connectivity index is 0.000000171. The van der Waals surface area contributed by atoms with Gasteiger partial charge in [-0.1, -0.05) is 67.2 Å². The molecular weight excluding hydrogens is 723 g/mol. The summed E-state index contributed by atoms with van der Waals surface area (Å²) < 4.78 is 6.05. The van der Waals surface area contributed by atoms with Crippen molar-refractivity contribution in [1.29, 1.82) is 0 Å². The van der Waals surface area contributed by atoms with Crippen LogP contribution in [0.15, 0.2) is 83.7 Å². The van der Waals surface area contributed by atoms with Gasteiger partial charge in [-0.2, -0.15) is 0 Å². The first kappa shape index (κ1) is 31.0. The molecule has 43 heavy (non-hydrogen) atoms. The van der Waals surface area contributed by atoms with Gasteiger partial charge in [0.2, 0.25) is 5.71 Å². The minimum Gasteiger partial charge on any atom is -0.486 e. The van der Waals surface area contributed by atoms with Crippen molar-refractivity contribution in [2.75, 3.05) is 0 Å². The third-order valence-electron chi connectivity index (χ3n) is 8.07. The van der Waals surface area contributed by atoms with E-state index < -0.39 is 8.07 Å². The Morgan fingerprint density at radius 2 is 1.67 bits per heavy atom. The number of hydrogen-bond donors (Lipinski definition) is 0. The standard InChI is InChI=1S/C20H15N2O.C17H22NSi.Ir/c1-2-6-14-13(5-1)10-12-21-18(14)17-8-3-7-15-16-9-4-11-22-20(16)23-19(15)17;1-13(2)15-11-16(14-9-7-6-8-10-14)18-12-17(15)19(3,4)5;/h3-4,7,9-12H,1-2,5-6H2;6-9,11-13H,1-5H3;/q2*-1;. The van der Waals surface area contributed by atoms with Crippen LogP contribution < -0.4 is 5.19 Å². The van der Waals surface area contributed by atoms with Gasteiger partial charge in [-0.15, -0.1) is 54.1 Å². The molecule has 221 valence electrons. The summed E-state index contributed by atoms with van der Waals surface area (Å²) in [6.07, 6.45) is 10.5. The van der Waals surface area contributed by atoms with Crippen LogP contribution in [0.25, 0.3) is 44.6 Å². The molecule has 0 spiro atoms. The topological polar surface area (TPSA) is 51.8 Å². The Bertz CT molecular complexity index is 1860. The van der Waals surface area contributed by atoms with E-state index in [1.165, 1.54) is 34.7 Å². The van der Waals surface area contributed by atoms with Crippen LogP contribution in [0, 0.1) is 12.1 Å². The second-order valence-electron chi connectivity index (χ2n) is 12.4. The van der Waals surface area contributed by atoms with Crippen molar-refractivity contribution >= 4 is 35.3 Å². The largest absolute Gasteiger partial charge is 0.486 e. The van der Waals surface area contributed by atoms with Gasteiger partial charge in [-0.25, -0.2) is 4.98 Å². The summed E-state index contributed by atoms with van der Waals surface area (Å²) in [5, 5.41) is 3.60. The maximum Gasteiger partial charge on any atom is 0.216 e. The molecule has 0 fully saturated rings. The van der Waals surface area contributed by atoms with E-state index in [1.807, 2.05) is 48.7 Å². The zero-order valence-corrected chi connectivity index (χ0v) is 28.9. The molecule has 0 saturated heterocycles. The van der Waals surface area contributed by atoms with Gasteiger partial charge in [0, 0.05) is 44.1 Å². The molecule has 7 rings (SSSR count). The Hall–Kier alpha value is -3.44. The van der Waals surface area contributed by atoms with E-state index in [1.54, 1.807) is 6.20 Å². The van der Waals surface area contributed by atoms with Crippen LogP contribution in [-0.4, -0.2) is 23.0 Å². The Morgan fingerprint density at radius 3 is 2.44 bits per heavy atom. The molecule has 1 radical (unpaired) electrons. The number of nitrogens with zero attached hydrogens (tertiary/aromatic N) is 3. The normalized spacial score (nSPS) is 12.9. The molecule has 4 aromatic heterocycles. The molecule has 1 aliphatic rings. The van der Waals surface area contributed by atoms with Crippen LogP contribution >= 0.6 is 0 Å². The molecule has 6 aromatic rings. The maximum atomic E-state index is 6.05. The molecule has 4 nitrogen and oxygen atoms in total. The second kappa shape index (κ2) is 13.0. The minimum absolute atomic E-state index is 0. The third-order valence-corrected chi connectivity index (χ3v) is 10.1. The Labute approximate surface area is 269 Å². The van der Waals surface area contributed by atoms with Gasteiger partial charge >= 0.3 is 0 Å². The van der Waals surface area contributed by atoms with Crippen LogP contribution in [-0.2, 0) is 32.9 Å². The first-order chi connectivity index (χ1) is 20.3. The smallest absolute Gasteiger partial charge is 0.216 e. The number of furan rings is 1. The zero-order chi connectivity index (χ0) is 29.3. The van der Waals surface area contributed by atoms with E-state index in [9.17, 15) is 0 Å². The predicted octanol–water partition coefficient (Wildman–Crippen LogP) is 8.94. The van der Waals surface area contributed by atoms with Crippen molar-refractivity contribution in [3.63, 3.8) is 0 Å². The predicted molar refractivity (Wildman–Crippen MR) is 176 cm³/mol. The number of pyridine rings is 3. The zero-order valence-electron chi connectivity index (χ0n) is 25.5. The fourth-order valence-corrected chi connectivity index (χ4v) is 7.58. The number of hydrogen-bond acceptors (Lipinski definition) is 4. The molecule has 4 heterocycles. The van der Waals surface area contributed by atoms with Crippen LogP contribution in [0.2, 0.25) is 19.6 Å². The third kappa shape index (κ3) is 6.42. The van der Waals surface area contributed by atoms with Crippen LogP contribution in [0.1, 0.15) is 49.3 Å². The first-order valence-corrected chi connectivity index (χ1v) is 18.4. The maximum absolute atomic E-state index is 6.05. The summed E-state index contributed by atoms with van der Waals surface area (Å²) in [5.74, 6) is 0.534. The van der Waals surface area contributed by atoms with Gasteiger partial charge in [-0.3, -0.25) is 0 Å². The van der Waals surface area contributed by atoms with Gasteiger partial charge in [0.05, 0.1) is 13.7 Å². The SMILES string of the molecule is CC(C)c1cc(-c2[c-]cccc2)ncc1[Si](C)(C)C.[Ir].[c-]1ccc2c(oc3ncccc32)c1-c1nccc2c1CCCC2. The van der Waals surface area contributed by atoms with Crippen molar-refractivity contribution in [3.05, 3.63) is 108 Å². The number of benzene rings is 2. The van der Waals surface area contributed by atoms with Gasteiger partial charge in [-0.05, 0) is 66.4 Å². The Morgan fingerprint density at radius 1 is 0.837 bits per heavy atom. The summed E-state index contributed by atoms with van der Waals surface area (Å²) in [5.41, 5.74) is 9.82. The average molecular weight is 760 g/mol. The van der Waals surface area contributed by atoms with Gasteiger partial charge in [0.15, 0.2) is 0 Å². The van der Waals surface area contributed by atoms with Gasteiger partial charge in [0.1, 0.15) is 0 Å². The number of rotatable bonds is 4. The van der Waals surface area contributed by atoms with E-state index in [2.05, 4.69) is 85.0 Å². The Kier molecular flexibility index (Phi) is 9.41. The van der Waals surface area contributed by atoms with Crippen LogP contribution in [0.4, 0.5) is 0 Å². The number of aromatic nitrogens is 3. The molecule has 1 aliphatic carbocycles. The van der Waals surface area contributed by atoms with E-state index in [0.717, 1.165) is 51.7 Å². The van der Waals surface area contributed by atoms with Crippen LogP contribution in [0.3, 0.4) is 0 Å². The number of aryl methyl sites for hydroxylation is 1. The molecule has 0 amide bonds. The molecule has 0 aliphatic heterocycles. The molecule has 0 unspecified atom stereocenters. The summed E-state index contributed by atoms with van der Waals surface area (Å²) in [6, 6.07) is 27.1. The van der Waals surface area contributed by atoms with Crippen molar-refractivity contribution in [2.24, 2.45) is 0 Å². The minimum atomic E-state index is -1.34. The average Bonchev–Trinajstić information content (AvgIpc) is 3.40.